The first-order valence-corrected chi connectivity index (χ1v) is 4.37. The maximum Gasteiger partial charge on any atom is 0.179 e. The van der Waals surface area contributed by atoms with Gasteiger partial charge in [0.25, 0.3) is 0 Å². The molecule has 1 aromatic rings. The van der Waals surface area contributed by atoms with E-state index in [-0.39, 0.29) is 5.78 Å². The molecule has 0 amide bonds. The predicted octanol–water partition coefficient (Wildman–Crippen LogP) is 1.44. The highest BCUT2D eigenvalue weighted by molar-refractivity contribution is 8.59. The van der Waals surface area contributed by atoms with Gasteiger partial charge in [-0.15, -0.1) is 23.3 Å². The van der Waals surface area contributed by atoms with Crippen LogP contribution in [0.5, 0.6) is 0 Å². The second-order valence-corrected chi connectivity index (χ2v) is 1.65. The highest BCUT2D eigenvalue weighted by Gasteiger charge is 1.96. The van der Waals surface area contributed by atoms with Crippen molar-refractivity contribution in [2.45, 2.75) is 6.92 Å². The van der Waals surface area contributed by atoms with E-state index < -0.39 is 0 Å². The van der Waals surface area contributed by atoms with E-state index in [2.05, 4.69) is 33.3 Å². The fourth-order valence-electron chi connectivity index (χ4n) is 0.481. The minimum Gasteiger partial charge on any atom is -0.293 e. The van der Waals surface area contributed by atoms with Gasteiger partial charge in [-0.05, 0) is 0 Å². The van der Waals surface area contributed by atoms with Crippen molar-refractivity contribution in [3.8, 4) is 0 Å². The molecule has 0 aliphatic heterocycles. The Morgan fingerprint density at radius 3 is 2.36 bits per heavy atom. The van der Waals surface area contributed by atoms with Crippen molar-refractivity contribution in [1.29, 1.82) is 0 Å². The lowest BCUT2D eigenvalue weighted by atomic mass is 10.3. The average Bonchev–Trinajstić information content (AvgIpc) is 2.10. The van der Waals surface area contributed by atoms with E-state index in [4.69, 9.17) is 0 Å². The summed E-state index contributed by atoms with van der Waals surface area (Å²) in [5.41, 5.74) is 0.414. The van der Waals surface area contributed by atoms with Crippen LogP contribution >= 0.6 is 23.3 Å². The molecule has 0 fully saturated rings. The molecule has 0 aliphatic carbocycles. The van der Waals surface area contributed by atoms with Crippen LogP contribution in [0, 0.1) is 0 Å². The van der Waals surface area contributed by atoms with Crippen LogP contribution in [0.1, 0.15) is 17.4 Å². The molecule has 0 unspecified atom stereocenters. The molecule has 0 atom stereocenters. The molecule has 1 aromatic heterocycles. The maximum atomic E-state index is 10.5. The van der Waals surface area contributed by atoms with Crippen LogP contribution in [0.25, 0.3) is 0 Å². The molecule has 0 radical (unpaired) electrons. The number of hydrogen-bond acceptors (Lipinski definition) is 5. The summed E-state index contributed by atoms with van der Waals surface area (Å²) < 4.78 is 0. The molecule has 3 nitrogen and oxygen atoms in total. The molecule has 0 saturated heterocycles. The quantitative estimate of drug-likeness (QED) is 0.398. The summed E-state index contributed by atoms with van der Waals surface area (Å²) in [6.45, 7) is 1.46. The molecule has 0 spiro atoms. The summed E-state index contributed by atoms with van der Waals surface area (Å²) in [6, 6.07) is 0. The van der Waals surface area contributed by atoms with E-state index in [1.807, 2.05) is 0 Å². The fraction of sp³-hybridized carbons (Fsp3) is 0.167. The molecule has 1 heterocycles. The number of carbonyl (C=O) groups excluding carboxylic acids is 1. The summed E-state index contributed by atoms with van der Waals surface area (Å²) in [5, 5.41) is 0. The molecule has 0 bridgehead atoms. The number of aromatic nitrogens is 2. The first-order valence-electron chi connectivity index (χ1n) is 2.77. The highest BCUT2D eigenvalue weighted by atomic mass is 33.1. The van der Waals surface area contributed by atoms with Crippen molar-refractivity contribution >= 4 is 29.1 Å². The van der Waals surface area contributed by atoms with Gasteiger partial charge in [0.1, 0.15) is 5.69 Å². The molecule has 0 N–H and O–H groups in total. The van der Waals surface area contributed by atoms with Gasteiger partial charge in [-0.25, -0.2) is 4.98 Å². The molecule has 11 heavy (non-hydrogen) atoms. The Balaban J connectivity index is 0.000000461. The van der Waals surface area contributed by atoms with Crippen molar-refractivity contribution in [2.75, 3.05) is 0 Å². The van der Waals surface area contributed by atoms with Gasteiger partial charge in [-0.1, -0.05) is 0 Å². The zero-order valence-electron chi connectivity index (χ0n) is 5.93. The molecular formula is C6H8N2OS2. The zero-order chi connectivity index (χ0) is 8.69. The smallest absolute Gasteiger partial charge is 0.179 e. The normalized spacial score (nSPS) is 7.91. The maximum absolute atomic E-state index is 10.5. The number of rotatable bonds is 1. The van der Waals surface area contributed by atoms with E-state index in [1.165, 1.54) is 25.5 Å². The third-order valence-electron chi connectivity index (χ3n) is 0.924. The van der Waals surface area contributed by atoms with E-state index in [0.717, 1.165) is 0 Å². The summed E-state index contributed by atoms with van der Waals surface area (Å²) in [6.07, 6.45) is 4.48. The van der Waals surface area contributed by atoms with Crippen molar-refractivity contribution in [1.82, 2.24) is 9.97 Å². The van der Waals surface area contributed by atoms with E-state index in [0.29, 0.717) is 5.69 Å². The molecule has 60 valence electrons. The predicted molar refractivity (Wildman–Crippen MR) is 50.0 cm³/mol. The lowest BCUT2D eigenvalue weighted by molar-refractivity contribution is 0.101. The Morgan fingerprint density at radius 2 is 2.09 bits per heavy atom. The molecular weight excluding hydrogens is 180 g/mol. The summed E-state index contributed by atoms with van der Waals surface area (Å²) in [4.78, 5) is 18.0. The third-order valence-corrected chi connectivity index (χ3v) is 0.924. The summed E-state index contributed by atoms with van der Waals surface area (Å²) >= 11 is 6.44. The molecule has 0 aliphatic rings. The SMILES string of the molecule is CC(=O)c1cnccn1.SS. The first-order chi connectivity index (χ1) is 5.30. The second-order valence-electron chi connectivity index (χ2n) is 1.65. The number of Topliss-reactive ketones (excluding diaryl/α,β-unsaturated/α-hetero) is 1. The van der Waals surface area contributed by atoms with Crippen molar-refractivity contribution in [2.24, 2.45) is 0 Å². The standard InChI is InChI=1S/C6H6N2O.H2S2/c1-5(9)6-4-7-2-3-8-6;1-2/h2-4H,1H3;1-2H. The monoisotopic (exact) mass is 188 g/mol. The number of nitrogens with zero attached hydrogens (tertiary/aromatic N) is 2. The topological polar surface area (TPSA) is 42.9 Å². The first kappa shape index (κ1) is 10.4. The van der Waals surface area contributed by atoms with E-state index >= 15 is 0 Å². The van der Waals surface area contributed by atoms with Crippen LogP contribution in [0.4, 0.5) is 0 Å². The lowest BCUT2D eigenvalue weighted by Crippen LogP contribution is -1.95. The Kier molecular flexibility index (Phi) is 5.87. The molecule has 0 saturated carbocycles. The fourth-order valence-corrected chi connectivity index (χ4v) is 0.481. The van der Waals surface area contributed by atoms with Crippen LogP contribution in [-0.4, -0.2) is 15.8 Å². The van der Waals surface area contributed by atoms with Crippen LogP contribution in [0.15, 0.2) is 18.6 Å². The minimum atomic E-state index is -0.0527. The Morgan fingerprint density at radius 1 is 1.45 bits per heavy atom. The second kappa shape index (κ2) is 6.18. The van der Waals surface area contributed by atoms with Crippen molar-refractivity contribution in [3.05, 3.63) is 24.3 Å². The van der Waals surface area contributed by atoms with Gasteiger partial charge in [0.2, 0.25) is 0 Å². The zero-order valence-corrected chi connectivity index (χ0v) is 7.72. The summed E-state index contributed by atoms with van der Waals surface area (Å²) in [7, 11) is 0. The van der Waals surface area contributed by atoms with Crippen LogP contribution < -0.4 is 0 Å². The van der Waals surface area contributed by atoms with E-state index in [9.17, 15) is 4.79 Å². The molecule has 5 heteroatoms. The third kappa shape index (κ3) is 4.00. The van der Waals surface area contributed by atoms with Gasteiger partial charge in [0.05, 0.1) is 6.20 Å². The van der Waals surface area contributed by atoms with E-state index in [1.54, 1.807) is 0 Å². The number of thiol groups is 2. The largest absolute Gasteiger partial charge is 0.293 e. The van der Waals surface area contributed by atoms with Crippen LogP contribution in [0.3, 0.4) is 0 Å². The van der Waals surface area contributed by atoms with Gasteiger partial charge in [0, 0.05) is 19.3 Å². The average molecular weight is 188 g/mol. The summed E-state index contributed by atoms with van der Waals surface area (Å²) in [5.74, 6) is -0.0527. The van der Waals surface area contributed by atoms with Gasteiger partial charge in [0.15, 0.2) is 5.78 Å². The van der Waals surface area contributed by atoms with Crippen molar-refractivity contribution < 1.29 is 4.79 Å². The minimum absolute atomic E-state index is 0.0527. The number of hydrogen-bond donors (Lipinski definition) is 2. The van der Waals surface area contributed by atoms with Gasteiger partial charge in [-0.2, -0.15) is 0 Å². The molecule has 1 rings (SSSR count). The van der Waals surface area contributed by atoms with Crippen LogP contribution in [0.2, 0.25) is 0 Å². The van der Waals surface area contributed by atoms with Gasteiger partial charge in [-0.3, -0.25) is 9.78 Å². The molecule has 0 aromatic carbocycles. The highest BCUT2D eigenvalue weighted by Crippen LogP contribution is 1.88. The number of ketones is 1. The Labute approximate surface area is 75.5 Å². The Bertz CT molecular complexity index is 215. The number of carbonyl (C=O) groups is 1. The van der Waals surface area contributed by atoms with Crippen molar-refractivity contribution in [3.63, 3.8) is 0 Å². The van der Waals surface area contributed by atoms with Crippen LogP contribution in [-0.2, 0) is 0 Å². The van der Waals surface area contributed by atoms with Gasteiger partial charge >= 0.3 is 0 Å². The Hall–Kier alpha value is -0.550. The van der Waals surface area contributed by atoms with Gasteiger partial charge < -0.3 is 0 Å². The lowest BCUT2D eigenvalue weighted by Gasteiger charge is -1.87.